The molecule has 6 heteroatoms. The van der Waals surface area contributed by atoms with Crippen LogP contribution in [0, 0.1) is 6.92 Å². The van der Waals surface area contributed by atoms with Gasteiger partial charge in [0.2, 0.25) is 5.91 Å². The first-order valence-electron chi connectivity index (χ1n) is 8.61. The zero-order chi connectivity index (χ0) is 16.7. The minimum absolute atomic E-state index is 0.0746. The third-order valence-corrected chi connectivity index (χ3v) is 5.37. The summed E-state index contributed by atoms with van der Waals surface area (Å²) in [5, 5.41) is 10.3. The molecule has 2 atom stereocenters. The monoisotopic (exact) mass is 329 g/mol. The van der Waals surface area contributed by atoms with Crippen molar-refractivity contribution in [1.29, 1.82) is 0 Å². The molecule has 4 rings (SSSR count). The Morgan fingerprint density at radius 3 is 3.17 bits per heavy atom. The second-order valence-electron chi connectivity index (χ2n) is 6.89. The first-order valence-corrected chi connectivity index (χ1v) is 8.61. The molecule has 2 aliphatic rings. The van der Waals surface area contributed by atoms with Gasteiger partial charge in [-0.2, -0.15) is 0 Å². The van der Waals surface area contributed by atoms with Crippen molar-refractivity contribution in [3.05, 3.63) is 35.8 Å². The van der Waals surface area contributed by atoms with Gasteiger partial charge in [0.05, 0.1) is 30.5 Å². The Bertz CT molecular complexity index is 764. The molecule has 128 valence electrons. The molecule has 1 spiro atoms. The molecule has 0 unspecified atom stereocenters. The fraction of sp³-hybridized carbons (Fsp3) is 0.556. The van der Waals surface area contributed by atoms with E-state index < -0.39 is 11.7 Å². The molecule has 4 heterocycles. The van der Waals surface area contributed by atoms with Crippen molar-refractivity contribution < 1.29 is 14.6 Å². The Hall–Kier alpha value is -1.92. The fourth-order valence-corrected chi connectivity index (χ4v) is 4.00. The highest BCUT2D eigenvalue weighted by Gasteiger charge is 2.47. The SMILES string of the molecule is Cc1nc2ccccn2c1CC(=O)N1CC[C@H](O)[C@]2(CCCO2)C1. The van der Waals surface area contributed by atoms with E-state index in [1.54, 1.807) is 0 Å². The van der Waals surface area contributed by atoms with Crippen LogP contribution in [0.15, 0.2) is 24.4 Å². The maximum atomic E-state index is 12.9. The van der Waals surface area contributed by atoms with Gasteiger partial charge in [-0.25, -0.2) is 4.98 Å². The molecule has 1 amide bonds. The van der Waals surface area contributed by atoms with Crippen LogP contribution in [-0.2, 0) is 16.0 Å². The number of aromatic nitrogens is 2. The Kier molecular flexibility index (Phi) is 3.81. The van der Waals surface area contributed by atoms with Crippen LogP contribution in [0.2, 0.25) is 0 Å². The number of carbonyl (C=O) groups is 1. The quantitative estimate of drug-likeness (QED) is 0.902. The highest BCUT2D eigenvalue weighted by molar-refractivity contribution is 5.79. The average molecular weight is 329 g/mol. The summed E-state index contributed by atoms with van der Waals surface area (Å²) in [6, 6.07) is 5.83. The maximum absolute atomic E-state index is 12.9. The minimum Gasteiger partial charge on any atom is -0.390 e. The Balaban J connectivity index is 1.54. The van der Waals surface area contributed by atoms with E-state index in [1.807, 2.05) is 40.6 Å². The number of fused-ring (bicyclic) bond motifs is 1. The molecule has 2 aliphatic heterocycles. The van der Waals surface area contributed by atoms with Crippen molar-refractivity contribution in [1.82, 2.24) is 14.3 Å². The molecule has 2 aromatic rings. The van der Waals surface area contributed by atoms with Crippen LogP contribution in [0.1, 0.15) is 30.7 Å². The summed E-state index contributed by atoms with van der Waals surface area (Å²) in [7, 11) is 0. The molecule has 2 saturated heterocycles. The number of carbonyl (C=O) groups excluding carboxylic acids is 1. The summed E-state index contributed by atoms with van der Waals surface area (Å²) in [6.07, 6.45) is 4.15. The van der Waals surface area contributed by atoms with Gasteiger partial charge < -0.3 is 19.1 Å². The molecule has 24 heavy (non-hydrogen) atoms. The van der Waals surface area contributed by atoms with Gasteiger partial charge in [0.1, 0.15) is 11.2 Å². The van der Waals surface area contributed by atoms with Crippen LogP contribution < -0.4 is 0 Å². The van der Waals surface area contributed by atoms with Crippen LogP contribution >= 0.6 is 0 Å². The third kappa shape index (κ3) is 2.50. The Morgan fingerprint density at radius 2 is 2.38 bits per heavy atom. The fourth-order valence-electron chi connectivity index (χ4n) is 4.00. The van der Waals surface area contributed by atoms with Crippen molar-refractivity contribution in [2.75, 3.05) is 19.7 Å². The van der Waals surface area contributed by atoms with Crippen LogP contribution in [0.25, 0.3) is 5.65 Å². The Morgan fingerprint density at radius 1 is 1.50 bits per heavy atom. The van der Waals surface area contributed by atoms with E-state index >= 15 is 0 Å². The lowest BCUT2D eigenvalue weighted by molar-refractivity contribution is -0.154. The lowest BCUT2D eigenvalue weighted by Gasteiger charge is -2.43. The summed E-state index contributed by atoms with van der Waals surface area (Å²) in [5.41, 5.74) is 2.13. The largest absolute Gasteiger partial charge is 0.390 e. The second-order valence-corrected chi connectivity index (χ2v) is 6.89. The molecule has 1 N–H and O–H groups in total. The molecule has 0 aromatic carbocycles. The van der Waals surface area contributed by atoms with Crippen molar-refractivity contribution in [3.8, 4) is 0 Å². The van der Waals surface area contributed by atoms with Gasteiger partial charge in [-0.15, -0.1) is 0 Å². The molecular weight excluding hydrogens is 306 g/mol. The summed E-state index contributed by atoms with van der Waals surface area (Å²) >= 11 is 0. The number of imidazole rings is 1. The predicted octanol–water partition coefficient (Wildman–Crippen LogP) is 1.33. The third-order valence-electron chi connectivity index (χ3n) is 5.37. The molecular formula is C18H23N3O3. The summed E-state index contributed by atoms with van der Waals surface area (Å²) in [6.45, 7) is 3.69. The topological polar surface area (TPSA) is 67.1 Å². The van der Waals surface area contributed by atoms with E-state index in [0.29, 0.717) is 32.5 Å². The normalized spacial score (nSPS) is 27.2. The highest BCUT2D eigenvalue weighted by atomic mass is 16.5. The average Bonchev–Trinajstić information content (AvgIpc) is 3.16. The number of rotatable bonds is 2. The lowest BCUT2D eigenvalue weighted by atomic mass is 9.87. The van der Waals surface area contributed by atoms with E-state index in [2.05, 4.69) is 4.98 Å². The van der Waals surface area contributed by atoms with Crippen LogP contribution in [0.5, 0.6) is 0 Å². The van der Waals surface area contributed by atoms with E-state index in [-0.39, 0.29) is 5.91 Å². The highest BCUT2D eigenvalue weighted by Crippen LogP contribution is 2.35. The van der Waals surface area contributed by atoms with Crippen molar-refractivity contribution in [2.24, 2.45) is 0 Å². The maximum Gasteiger partial charge on any atom is 0.228 e. The van der Waals surface area contributed by atoms with Gasteiger partial charge >= 0.3 is 0 Å². The number of pyridine rings is 1. The van der Waals surface area contributed by atoms with E-state index in [9.17, 15) is 9.90 Å². The van der Waals surface area contributed by atoms with E-state index in [1.165, 1.54) is 0 Å². The second kappa shape index (κ2) is 5.86. The number of hydrogen-bond acceptors (Lipinski definition) is 4. The molecule has 0 bridgehead atoms. The number of piperidine rings is 1. The van der Waals surface area contributed by atoms with Crippen molar-refractivity contribution in [3.63, 3.8) is 0 Å². The van der Waals surface area contributed by atoms with Gasteiger partial charge in [0, 0.05) is 19.3 Å². The number of aliphatic hydroxyl groups is 1. The van der Waals surface area contributed by atoms with Gasteiger partial charge in [0.15, 0.2) is 0 Å². The van der Waals surface area contributed by atoms with Crippen LogP contribution in [-0.4, -0.2) is 56.7 Å². The predicted molar refractivity (Wildman–Crippen MR) is 88.8 cm³/mol. The van der Waals surface area contributed by atoms with Gasteiger partial charge in [-0.1, -0.05) is 6.07 Å². The van der Waals surface area contributed by atoms with Gasteiger partial charge in [-0.3, -0.25) is 4.79 Å². The van der Waals surface area contributed by atoms with Gasteiger partial charge in [0.25, 0.3) is 0 Å². The summed E-state index contributed by atoms with van der Waals surface area (Å²) in [5.74, 6) is 0.0746. The zero-order valence-electron chi connectivity index (χ0n) is 13.9. The van der Waals surface area contributed by atoms with E-state index in [0.717, 1.165) is 29.9 Å². The first-order chi connectivity index (χ1) is 11.6. The standard InChI is InChI=1S/C18H23N3O3/c1-13-14(21-8-3-2-5-16(21)19-13)11-17(23)20-9-6-15(22)18(12-20)7-4-10-24-18/h2-3,5,8,15,22H,4,6-7,9-12H2,1H3/t15-,18-/m0/s1. The molecule has 2 fully saturated rings. The molecule has 0 saturated carbocycles. The molecule has 0 aliphatic carbocycles. The minimum atomic E-state index is -0.553. The zero-order valence-corrected chi connectivity index (χ0v) is 13.9. The summed E-state index contributed by atoms with van der Waals surface area (Å²) in [4.78, 5) is 19.2. The van der Waals surface area contributed by atoms with Crippen molar-refractivity contribution >= 4 is 11.6 Å². The molecule has 0 radical (unpaired) electrons. The molecule has 2 aromatic heterocycles. The number of amides is 1. The Labute approximate surface area is 141 Å². The number of likely N-dealkylation sites (tertiary alicyclic amines) is 1. The van der Waals surface area contributed by atoms with E-state index in [4.69, 9.17) is 4.74 Å². The number of ether oxygens (including phenoxy) is 1. The number of nitrogens with zero attached hydrogens (tertiary/aromatic N) is 3. The molecule has 6 nitrogen and oxygen atoms in total. The van der Waals surface area contributed by atoms with Crippen molar-refractivity contribution in [2.45, 2.75) is 44.3 Å². The number of hydrogen-bond donors (Lipinski definition) is 1. The lowest BCUT2D eigenvalue weighted by Crippen LogP contribution is -2.58. The first kappa shape index (κ1) is 15.6. The number of aryl methyl sites for hydroxylation is 1. The van der Waals surface area contributed by atoms with Crippen LogP contribution in [0.3, 0.4) is 0 Å². The number of aliphatic hydroxyl groups excluding tert-OH is 1. The smallest absolute Gasteiger partial charge is 0.228 e. The summed E-state index contributed by atoms with van der Waals surface area (Å²) < 4.78 is 7.82. The van der Waals surface area contributed by atoms with Gasteiger partial charge in [-0.05, 0) is 38.3 Å². The van der Waals surface area contributed by atoms with Crippen LogP contribution in [0.4, 0.5) is 0 Å².